The fraction of sp³-hybridized carbons (Fsp3) is 0.300. The van der Waals surface area contributed by atoms with E-state index >= 15 is 0 Å². The first-order valence-corrected chi connectivity index (χ1v) is 8.62. The Labute approximate surface area is 171 Å². The van der Waals surface area contributed by atoms with Crippen molar-refractivity contribution in [3.8, 4) is 11.5 Å². The van der Waals surface area contributed by atoms with Crippen LogP contribution in [0.5, 0.6) is 11.5 Å². The normalized spacial score (nSPS) is 10.6. The van der Waals surface area contributed by atoms with Crippen molar-refractivity contribution in [3.63, 3.8) is 0 Å². The van der Waals surface area contributed by atoms with Gasteiger partial charge in [0.15, 0.2) is 11.5 Å². The summed E-state index contributed by atoms with van der Waals surface area (Å²) in [7, 11) is 3.15. The zero-order valence-corrected chi connectivity index (χ0v) is 16.3. The van der Waals surface area contributed by atoms with E-state index in [-0.39, 0.29) is 0 Å². The molecule has 0 spiro atoms. The maximum absolute atomic E-state index is 12.7. The third-order valence-electron chi connectivity index (χ3n) is 3.80. The molecule has 30 heavy (non-hydrogen) atoms. The van der Waals surface area contributed by atoms with Crippen LogP contribution in [-0.4, -0.2) is 42.9 Å². The third kappa shape index (κ3) is 8.39. The molecule has 0 radical (unpaired) electrons. The van der Waals surface area contributed by atoms with Crippen LogP contribution in [0.4, 0.5) is 13.2 Å². The average Bonchev–Trinajstić information content (AvgIpc) is 2.71. The number of alkyl halides is 3. The molecule has 2 rings (SSSR count). The van der Waals surface area contributed by atoms with Gasteiger partial charge in [-0.3, -0.25) is 0 Å². The molecule has 0 saturated heterocycles. The molecule has 0 saturated carbocycles. The Balaban J connectivity index is 0.000000656. The van der Waals surface area contributed by atoms with Crippen molar-refractivity contribution in [3.05, 3.63) is 59.2 Å². The van der Waals surface area contributed by atoms with Crippen LogP contribution in [0, 0.1) is 0 Å². The van der Waals surface area contributed by atoms with Gasteiger partial charge in [-0.2, -0.15) is 13.2 Å². The van der Waals surface area contributed by atoms with Crippen molar-refractivity contribution < 1.29 is 42.4 Å². The molecule has 10 heteroatoms. The number of hydrogen-bond acceptors (Lipinski definition) is 5. The van der Waals surface area contributed by atoms with Gasteiger partial charge >= 0.3 is 18.1 Å². The van der Waals surface area contributed by atoms with Gasteiger partial charge in [-0.1, -0.05) is 24.3 Å². The summed E-state index contributed by atoms with van der Waals surface area (Å²) in [6.07, 6.45) is -3.57. The second kappa shape index (κ2) is 11.7. The van der Waals surface area contributed by atoms with Crippen LogP contribution >= 0.6 is 0 Å². The van der Waals surface area contributed by atoms with Gasteiger partial charge in [0.05, 0.1) is 19.8 Å². The highest BCUT2D eigenvalue weighted by atomic mass is 19.4. The van der Waals surface area contributed by atoms with Crippen LogP contribution in [0.15, 0.2) is 42.5 Å². The van der Waals surface area contributed by atoms with Crippen LogP contribution in [0.2, 0.25) is 0 Å². The van der Waals surface area contributed by atoms with E-state index in [9.17, 15) is 13.2 Å². The molecule has 164 valence electrons. The molecule has 0 amide bonds. The van der Waals surface area contributed by atoms with E-state index in [0.717, 1.165) is 18.1 Å². The van der Waals surface area contributed by atoms with Crippen molar-refractivity contribution >= 4 is 11.9 Å². The van der Waals surface area contributed by atoms with E-state index in [1.807, 2.05) is 18.2 Å². The second-order valence-electron chi connectivity index (χ2n) is 5.92. The molecule has 3 N–H and O–H groups in total. The Morgan fingerprint density at radius 3 is 2.10 bits per heavy atom. The summed E-state index contributed by atoms with van der Waals surface area (Å²) < 4.78 is 48.4. The van der Waals surface area contributed by atoms with E-state index in [1.54, 1.807) is 20.3 Å². The molecule has 0 bridgehead atoms. The van der Waals surface area contributed by atoms with Gasteiger partial charge < -0.3 is 25.0 Å². The third-order valence-corrected chi connectivity index (χ3v) is 3.80. The lowest BCUT2D eigenvalue weighted by molar-refractivity contribution is -0.159. The molecular weight excluding hydrogens is 407 g/mol. The SMILES string of the molecule is COc1ccc(CCNCc2cccc(C(F)(F)F)c2)cc1OC.O=C(O)C(=O)O. The number of carboxylic acid groups (broad SMARTS) is 2. The van der Waals surface area contributed by atoms with Crippen molar-refractivity contribution in [2.75, 3.05) is 20.8 Å². The quantitative estimate of drug-likeness (QED) is 0.459. The molecule has 0 unspecified atom stereocenters. The van der Waals surface area contributed by atoms with Gasteiger partial charge in [0.2, 0.25) is 0 Å². The predicted octanol–water partition coefficient (Wildman–Crippen LogP) is 3.21. The van der Waals surface area contributed by atoms with E-state index in [1.165, 1.54) is 12.1 Å². The Hall–Kier alpha value is -3.27. The number of rotatable bonds is 7. The number of benzene rings is 2. The van der Waals surface area contributed by atoms with E-state index in [0.29, 0.717) is 30.2 Å². The molecule has 0 heterocycles. The molecule has 0 fully saturated rings. The minimum atomic E-state index is -4.31. The summed E-state index contributed by atoms with van der Waals surface area (Å²) in [5.41, 5.74) is 1.04. The van der Waals surface area contributed by atoms with Gasteiger partial charge in [-0.05, 0) is 42.3 Å². The molecular formula is C20H22F3NO6. The lowest BCUT2D eigenvalue weighted by Gasteiger charge is -2.11. The predicted molar refractivity (Wildman–Crippen MR) is 102 cm³/mol. The highest BCUT2D eigenvalue weighted by molar-refractivity contribution is 6.27. The molecule has 2 aromatic carbocycles. The number of aliphatic carboxylic acids is 2. The Kier molecular flexibility index (Phi) is 9.63. The van der Waals surface area contributed by atoms with Gasteiger partial charge in [-0.25, -0.2) is 9.59 Å². The minimum absolute atomic E-state index is 0.386. The molecule has 2 aromatic rings. The number of methoxy groups -OCH3 is 2. The van der Waals surface area contributed by atoms with Crippen LogP contribution in [0.1, 0.15) is 16.7 Å². The summed E-state index contributed by atoms with van der Waals surface area (Å²) in [4.78, 5) is 18.2. The van der Waals surface area contributed by atoms with Gasteiger partial charge in [-0.15, -0.1) is 0 Å². The molecule has 0 atom stereocenters. The van der Waals surface area contributed by atoms with Crippen LogP contribution < -0.4 is 14.8 Å². The highest BCUT2D eigenvalue weighted by Crippen LogP contribution is 2.29. The molecule has 7 nitrogen and oxygen atoms in total. The zero-order chi connectivity index (χ0) is 22.7. The van der Waals surface area contributed by atoms with Crippen LogP contribution in [0.25, 0.3) is 0 Å². The molecule has 0 aromatic heterocycles. The summed E-state index contributed by atoms with van der Waals surface area (Å²) in [5, 5.41) is 17.9. The highest BCUT2D eigenvalue weighted by Gasteiger charge is 2.30. The minimum Gasteiger partial charge on any atom is -0.493 e. The summed E-state index contributed by atoms with van der Waals surface area (Å²) in [5.74, 6) is -2.32. The lowest BCUT2D eigenvalue weighted by Crippen LogP contribution is -2.17. The number of nitrogens with one attached hydrogen (secondary N) is 1. The zero-order valence-electron chi connectivity index (χ0n) is 16.3. The number of carbonyl (C=O) groups is 2. The van der Waals surface area contributed by atoms with Crippen molar-refractivity contribution in [1.29, 1.82) is 0 Å². The van der Waals surface area contributed by atoms with Crippen molar-refractivity contribution in [2.24, 2.45) is 0 Å². The largest absolute Gasteiger partial charge is 0.493 e. The fourth-order valence-corrected chi connectivity index (χ4v) is 2.36. The maximum atomic E-state index is 12.7. The van der Waals surface area contributed by atoms with Gasteiger partial charge in [0.25, 0.3) is 0 Å². The Morgan fingerprint density at radius 2 is 1.57 bits per heavy atom. The number of carboxylic acids is 2. The molecule has 0 aliphatic rings. The first kappa shape index (κ1) is 24.8. The second-order valence-corrected chi connectivity index (χ2v) is 5.92. The first-order valence-electron chi connectivity index (χ1n) is 8.62. The smallest absolute Gasteiger partial charge is 0.416 e. The Bertz CT molecular complexity index is 843. The lowest BCUT2D eigenvalue weighted by atomic mass is 10.1. The average molecular weight is 429 g/mol. The van der Waals surface area contributed by atoms with Gasteiger partial charge in [0, 0.05) is 6.54 Å². The van der Waals surface area contributed by atoms with Crippen molar-refractivity contribution in [2.45, 2.75) is 19.1 Å². The maximum Gasteiger partial charge on any atom is 0.416 e. The number of halogens is 3. The van der Waals surface area contributed by atoms with Gasteiger partial charge in [0.1, 0.15) is 0 Å². The van der Waals surface area contributed by atoms with E-state index < -0.39 is 23.7 Å². The van der Waals surface area contributed by atoms with Crippen LogP contribution in [0.3, 0.4) is 0 Å². The summed E-state index contributed by atoms with van der Waals surface area (Å²) in [6, 6.07) is 11.0. The van der Waals surface area contributed by atoms with E-state index in [2.05, 4.69) is 5.32 Å². The fourth-order valence-electron chi connectivity index (χ4n) is 2.36. The summed E-state index contributed by atoms with van der Waals surface area (Å²) >= 11 is 0. The Morgan fingerprint density at radius 1 is 0.933 bits per heavy atom. The van der Waals surface area contributed by atoms with Crippen LogP contribution in [-0.2, 0) is 28.7 Å². The number of hydrogen-bond donors (Lipinski definition) is 3. The summed E-state index contributed by atoms with van der Waals surface area (Å²) in [6.45, 7) is 1.03. The van der Waals surface area contributed by atoms with Crippen molar-refractivity contribution in [1.82, 2.24) is 5.32 Å². The monoisotopic (exact) mass is 429 g/mol. The number of ether oxygens (including phenoxy) is 2. The standard InChI is InChI=1S/C18H20F3NO2.C2H2O4/c1-23-16-7-6-13(11-17(16)24-2)8-9-22-12-14-4-3-5-15(10-14)18(19,20)21;3-1(4)2(5)6/h3-7,10-11,22H,8-9,12H2,1-2H3;(H,3,4)(H,5,6). The molecule has 0 aliphatic carbocycles. The van der Waals surface area contributed by atoms with E-state index in [4.69, 9.17) is 29.3 Å². The first-order chi connectivity index (χ1) is 14.1. The topological polar surface area (TPSA) is 105 Å². The molecule has 0 aliphatic heterocycles.